The summed E-state index contributed by atoms with van der Waals surface area (Å²) in [4.78, 5) is 18.2. The number of pyridine rings is 1. The SMILES string of the molecule is Cc1cc(C2CN(C(=O)OCc3ccccc3)C2)cn2ccnc12. The predicted octanol–water partition coefficient (Wildman–Crippen LogP) is 3.38. The van der Waals surface area contributed by atoms with E-state index in [0.29, 0.717) is 25.6 Å². The van der Waals surface area contributed by atoms with Crippen LogP contribution in [0.1, 0.15) is 22.6 Å². The number of fused-ring (bicyclic) bond motifs is 1. The van der Waals surface area contributed by atoms with E-state index in [1.807, 2.05) is 40.9 Å². The molecule has 2 aromatic heterocycles. The Morgan fingerprint density at radius 2 is 2.08 bits per heavy atom. The van der Waals surface area contributed by atoms with Gasteiger partial charge in [0.05, 0.1) is 0 Å². The number of likely N-dealkylation sites (tertiary alicyclic amines) is 1. The van der Waals surface area contributed by atoms with Crippen LogP contribution in [0.25, 0.3) is 5.65 Å². The summed E-state index contributed by atoms with van der Waals surface area (Å²) in [6.45, 7) is 3.79. The lowest BCUT2D eigenvalue weighted by Crippen LogP contribution is -2.48. The number of rotatable bonds is 3. The molecular formula is C19H19N3O2. The zero-order valence-electron chi connectivity index (χ0n) is 13.6. The highest BCUT2D eigenvalue weighted by molar-refractivity contribution is 5.69. The molecule has 0 N–H and O–H groups in total. The van der Waals surface area contributed by atoms with E-state index in [4.69, 9.17) is 4.74 Å². The van der Waals surface area contributed by atoms with Crippen molar-refractivity contribution in [3.05, 3.63) is 71.7 Å². The maximum atomic E-state index is 12.1. The van der Waals surface area contributed by atoms with E-state index in [1.54, 1.807) is 11.1 Å². The number of imidazole rings is 1. The topological polar surface area (TPSA) is 46.8 Å². The number of hydrogen-bond acceptors (Lipinski definition) is 3. The van der Waals surface area contributed by atoms with E-state index in [9.17, 15) is 4.79 Å². The van der Waals surface area contributed by atoms with Crippen molar-refractivity contribution in [2.24, 2.45) is 0 Å². The molecule has 5 nitrogen and oxygen atoms in total. The molecule has 4 rings (SSSR count). The highest BCUT2D eigenvalue weighted by atomic mass is 16.6. The normalized spacial score (nSPS) is 14.6. The number of carbonyl (C=O) groups is 1. The summed E-state index contributed by atoms with van der Waals surface area (Å²) in [6, 6.07) is 11.9. The van der Waals surface area contributed by atoms with Gasteiger partial charge in [0.15, 0.2) is 0 Å². The minimum Gasteiger partial charge on any atom is -0.445 e. The minimum absolute atomic E-state index is 0.240. The first-order valence-electron chi connectivity index (χ1n) is 8.09. The fraction of sp³-hybridized carbons (Fsp3) is 0.263. The summed E-state index contributed by atoms with van der Waals surface area (Å²) in [5.41, 5.74) is 4.38. The molecule has 1 aromatic carbocycles. The quantitative estimate of drug-likeness (QED) is 0.743. The van der Waals surface area contributed by atoms with Crippen LogP contribution in [0.5, 0.6) is 0 Å². The van der Waals surface area contributed by atoms with Gasteiger partial charge >= 0.3 is 6.09 Å². The molecule has 0 atom stereocenters. The Morgan fingerprint density at radius 3 is 2.88 bits per heavy atom. The Labute approximate surface area is 140 Å². The van der Waals surface area contributed by atoms with Gasteiger partial charge in [-0.05, 0) is 23.6 Å². The van der Waals surface area contributed by atoms with Crippen molar-refractivity contribution in [2.45, 2.75) is 19.4 Å². The third-order valence-electron chi connectivity index (χ3n) is 4.51. The first-order chi connectivity index (χ1) is 11.7. The first-order valence-corrected chi connectivity index (χ1v) is 8.09. The van der Waals surface area contributed by atoms with Crippen molar-refractivity contribution >= 4 is 11.7 Å². The average molecular weight is 321 g/mol. The summed E-state index contributed by atoms with van der Waals surface area (Å²) < 4.78 is 7.41. The smallest absolute Gasteiger partial charge is 0.410 e. The molecule has 0 spiro atoms. The molecule has 0 aliphatic carbocycles. The molecule has 1 aliphatic heterocycles. The third kappa shape index (κ3) is 2.73. The lowest BCUT2D eigenvalue weighted by atomic mass is 9.92. The molecule has 3 heterocycles. The summed E-state index contributed by atoms with van der Waals surface area (Å²) in [5, 5.41) is 0. The van der Waals surface area contributed by atoms with Crippen molar-refractivity contribution in [1.29, 1.82) is 0 Å². The van der Waals surface area contributed by atoms with Crippen LogP contribution >= 0.6 is 0 Å². The highest BCUT2D eigenvalue weighted by Crippen LogP contribution is 2.29. The third-order valence-corrected chi connectivity index (χ3v) is 4.51. The standard InChI is InChI=1S/C19H19N3O2/c1-14-9-16(10-21-8-7-20-18(14)21)17-11-22(12-17)19(23)24-13-15-5-3-2-4-6-15/h2-10,17H,11-13H2,1H3. The van der Waals surface area contributed by atoms with Crippen LogP contribution in [0.4, 0.5) is 4.79 Å². The van der Waals surface area contributed by atoms with Crippen LogP contribution in [0, 0.1) is 6.92 Å². The summed E-state index contributed by atoms with van der Waals surface area (Å²) >= 11 is 0. The molecule has 3 aromatic rings. The number of ether oxygens (including phenoxy) is 1. The van der Waals surface area contributed by atoms with E-state index in [-0.39, 0.29) is 6.09 Å². The van der Waals surface area contributed by atoms with Crippen molar-refractivity contribution in [3.63, 3.8) is 0 Å². The molecule has 5 heteroatoms. The lowest BCUT2D eigenvalue weighted by molar-refractivity contribution is 0.0663. The number of benzene rings is 1. The molecule has 122 valence electrons. The molecule has 24 heavy (non-hydrogen) atoms. The predicted molar refractivity (Wildman–Crippen MR) is 90.9 cm³/mol. The van der Waals surface area contributed by atoms with Crippen LogP contribution in [0.3, 0.4) is 0 Å². The van der Waals surface area contributed by atoms with E-state index in [0.717, 1.165) is 16.8 Å². The molecule has 1 saturated heterocycles. The van der Waals surface area contributed by atoms with Gasteiger partial charge in [-0.25, -0.2) is 9.78 Å². The van der Waals surface area contributed by atoms with E-state index in [1.165, 1.54) is 5.56 Å². The highest BCUT2D eigenvalue weighted by Gasteiger charge is 2.33. The zero-order chi connectivity index (χ0) is 16.5. The summed E-state index contributed by atoms with van der Waals surface area (Å²) in [7, 11) is 0. The fourth-order valence-electron chi connectivity index (χ4n) is 3.11. The maximum Gasteiger partial charge on any atom is 0.410 e. The van der Waals surface area contributed by atoms with Gasteiger partial charge in [-0.2, -0.15) is 0 Å². The Kier molecular flexibility index (Phi) is 3.69. The summed E-state index contributed by atoms with van der Waals surface area (Å²) in [5.74, 6) is 0.361. The van der Waals surface area contributed by atoms with Crippen LogP contribution in [0.15, 0.2) is 55.0 Å². The van der Waals surface area contributed by atoms with Gasteiger partial charge in [-0.1, -0.05) is 36.4 Å². The summed E-state index contributed by atoms with van der Waals surface area (Å²) in [6.07, 6.45) is 5.62. The monoisotopic (exact) mass is 321 g/mol. The van der Waals surface area contributed by atoms with Crippen LogP contribution in [0.2, 0.25) is 0 Å². The van der Waals surface area contributed by atoms with Gasteiger partial charge in [-0.3, -0.25) is 0 Å². The Hall–Kier alpha value is -2.82. The number of hydrogen-bond donors (Lipinski definition) is 0. The van der Waals surface area contributed by atoms with Crippen molar-refractivity contribution in [2.75, 3.05) is 13.1 Å². The molecule has 0 saturated carbocycles. The van der Waals surface area contributed by atoms with Crippen molar-refractivity contribution in [3.8, 4) is 0 Å². The molecule has 0 radical (unpaired) electrons. The Morgan fingerprint density at radius 1 is 1.29 bits per heavy atom. The van der Waals surface area contributed by atoms with E-state index < -0.39 is 0 Å². The Bertz CT molecular complexity index is 867. The second-order valence-corrected chi connectivity index (χ2v) is 6.26. The number of carbonyl (C=O) groups excluding carboxylic acids is 1. The number of aryl methyl sites for hydroxylation is 1. The number of aromatic nitrogens is 2. The van der Waals surface area contributed by atoms with Gasteiger partial charge in [-0.15, -0.1) is 0 Å². The second kappa shape index (κ2) is 6.00. The van der Waals surface area contributed by atoms with Gasteiger partial charge in [0.25, 0.3) is 0 Å². The van der Waals surface area contributed by atoms with E-state index >= 15 is 0 Å². The number of nitrogens with zero attached hydrogens (tertiary/aromatic N) is 3. The number of amides is 1. The van der Waals surface area contributed by atoms with Crippen molar-refractivity contribution in [1.82, 2.24) is 14.3 Å². The maximum absolute atomic E-state index is 12.1. The van der Waals surface area contributed by atoms with Crippen LogP contribution in [-0.4, -0.2) is 33.5 Å². The Balaban J connectivity index is 1.36. The van der Waals surface area contributed by atoms with Crippen LogP contribution < -0.4 is 0 Å². The first kappa shape index (κ1) is 14.8. The van der Waals surface area contributed by atoms with Gasteiger partial charge in [0, 0.05) is 37.6 Å². The molecular weight excluding hydrogens is 302 g/mol. The van der Waals surface area contributed by atoms with Crippen molar-refractivity contribution < 1.29 is 9.53 Å². The molecule has 1 aliphatic rings. The van der Waals surface area contributed by atoms with Gasteiger partial charge in [0.2, 0.25) is 0 Å². The second-order valence-electron chi connectivity index (χ2n) is 6.26. The van der Waals surface area contributed by atoms with Crippen LogP contribution in [-0.2, 0) is 11.3 Å². The lowest BCUT2D eigenvalue weighted by Gasteiger charge is -2.38. The molecule has 0 unspecified atom stereocenters. The molecule has 1 fully saturated rings. The minimum atomic E-state index is -0.240. The average Bonchev–Trinajstić information content (AvgIpc) is 3.02. The van der Waals surface area contributed by atoms with E-state index in [2.05, 4.69) is 24.2 Å². The van der Waals surface area contributed by atoms with Gasteiger partial charge < -0.3 is 14.0 Å². The fourth-order valence-corrected chi connectivity index (χ4v) is 3.11. The largest absolute Gasteiger partial charge is 0.445 e. The zero-order valence-corrected chi connectivity index (χ0v) is 13.6. The molecule has 1 amide bonds. The van der Waals surface area contributed by atoms with Gasteiger partial charge in [0.1, 0.15) is 12.3 Å². The molecule has 0 bridgehead atoms.